The Hall–Kier alpha value is -1.76. The second kappa shape index (κ2) is 7.31. The number of anilines is 1. The Morgan fingerprint density at radius 2 is 1.90 bits per heavy atom. The highest BCUT2D eigenvalue weighted by Crippen LogP contribution is 2.20. The number of hydrogen-bond donors (Lipinski definition) is 1. The molecule has 1 amide bonds. The minimum Gasteiger partial charge on any atom is -0.481 e. The van der Waals surface area contributed by atoms with Gasteiger partial charge in [0.05, 0.1) is 11.9 Å². The van der Waals surface area contributed by atoms with Crippen molar-refractivity contribution in [3.63, 3.8) is 0 Å². The van der Waals surface area contributed by atoms with Crippen molar-refractivity contribution in [3.05, 3.63) is 24.3 Å². The van der Waals surface area contributed by atoms with Crippen molar-refractivity contribution < 1.29 is 17.9 Å². The number of rotatable bonds is 7. The van der Waals surface area contributed by atoms with Crippen molar-refractivity contribution in [1.82, 2.24) is 5.32 Å². The van der Waals surface area contributed by atoms with E-state index in [1.165, 1.54) is 11.4 Å². The van der Waals surface area contributed by atoms with Crippen LogP contribution in [-0.2, 0) is 14.8 Å². The fraction of sp³-hybridized carbons (Fsp3) is 0.500. The lowest BCUT2D eigenvalue weighted by molar-refractivity contribution is -0.127. The number of carbonyl (C=O) groups is 1. The molecule has 0 unspecified atom stereocenters. The molecule has 0 fully saturated rings. The normalized spacial score (nSPS) is 12.6. The molecule has 118 valence electrons. The zero-order chi connectivity index (χ0) is 16.0. The first-order chi connectivity index (χ1) is 9.75. The van der Waals surface area contributed by atoms with Crippen LogP contribution in [0.25, 0.3) is 0 Å². The number of carbonyl (C=O) groups excluding carboxylic acids is 1. The molecule has 0 radical (unpaired) electrons. The summed E-state index contributed by atoms with van der Waals surface area (Å²) in [7, 11) is -1.81. The summed E-state index contributed by atoms with van der Waals surface area (Å²) in [6.45, 7) is 4.26. The summed E-state index contributed by atoms with van der Waals surface area (Å²) in [5, 5.41) is 2.75. The van der Waals surface area contributed by atoms with Gasteiger partial charge in [-0.15, -0.1) is 0 Å². The summed E-state index contributed by atoms with van der Waals surface area (Å²) in [4.78, 5) is 11.7. The molecule has 0 heterocycles. The highest BCUT2D eigenvalue weighted by Gasteiger charge is 2.15. The lowest BCUT2D eigenvalue weighted by Crippen LogP contribution is -2.36. The van der Waals surface area contributed by atoms with Crippen LogP contribution in [0, 0.1) is 0 Å². The Morgan fingerprint density at radius 3 is 2.38 bits per heavy atom. The predicted molar refractivity (Wildman–Crippen MR) is 83.1 cm³/mol. The van der Waals surface area contributed by atoms with Gasteiger partial charge >= 0.3 is 0 Å². The summed E-state index contributed by atoms with van der Waals surface area (Å²) in [6.07, 6.45) is 1.40. The van der Waals surface area contributed by atoms with Gasteiger partial charge < -0.3 is 10.1 Å². The smallest absolute Gasteiger partial charge is 0.260 e. The molecule has 21 heavy (non-hydrogen) atoms. The van der Waals surface area contributed by atoms with Crippen molar-refractivity contribution in [1.29, 1.82) is 0 Å². The van der Waals surface area contributed by atoms with E-state index in [0.29, 0.717) is 18.0 Å². The van der Waals surface area contributed by atoms with E-state index in [0.717, 1.165) is 12.7 Å². The maximum atomic E-state index is 11.7. The Bertz CT molecular complexity index is 569. The third-order valence-corrected chi connectivity index (χ3v) is 4.13. The molecule has 1 atom stereocenters. The lowest BCUT2D eigenvalue weighted by atomic mass is 10.3. The molecule has 0 aliphatic heterocycles. The standard InChI is InChI=1S/C14H22N2O4S/c1-5-10-15-14(17)11(2)20-13-8-6-12(7-9-13)16(3)21(4,18)19/h6-9,11H,5,10H2,1-4H3,(H,15,17)/t11-/m1/s1. The van der Waals surface area contributed by atoms with E-state index in [1.807, 2.05) is 6.92 Å². The molecule has 7 heteroatoms. The molecule has 1 aromatic carbocycles. The monoisotopic (exact) mass is 314 g/mol. The van der Waals surface area contributed by atoms with Gasteiger partial charge in [-0.3, -0.25) is 9.10 Å². The van der Waals surface area contributed by atoms with Gasteiger partial charge in [-0.05, 0) is 37.6 Å². The van der Waals surface area contributed by atoms with Crippen molar-refractivity contribution in [2.75, 3.05) is 24.2 Å². The van der Waals surface area contributed by atoms with E-state index in [4.69, 9.17) is 4.74 Å². The van der Waals surface area contributed by atoms with Gasteiger partial charge in [0, 0.05) is 13.6 Å². The van der Waals surface area contributed by atoms with E-state index in [9.17, 15) is 13.2 Å². The first-order valence-corrected chi connectivity index (χ1v) is 8.59. The highest BCUT2D eigenvalue weighted by molar-refractivity contribution is 7.92. The number of sulfonamides is 1. The summed E-state index contributed by atoms with van der Waals surface area (Å²) in [5.41, 5.74) is 0.535. The molecule has 1 rings (SSSR count). The Morgan fingerprint density at radius 1 is 1.33 bits per heavy atom. The first kappa shape index (κ1) is 17.3. The maximum Gasteiger partial charge on any atom is 0.260 e. The van der Waals surface area contributed by atoms with E-state index < -0.39 is 16.1 Å². The molecule has 0 saturated heterocycles. The average Bonchev–Trinajstić information content (AvgIpc) is 2.43. The van der Waals surface area contributed by atoms with Gasteiger partial charge in [0.1, 0.15) is 5.75 Å². The van der Waals surface area contributed by atoms with Gasteiger partial charge in [-0.2, -0.15) is 0 Å². The predicted octanol–water partition coefficient (Wildman–Crippen LogP) is 1.38. The molecular weight excluding hydrogens is 292 g/mol. The van der Waals surface area contributed by atoms with Gasteiger partial charge in [-0.1, -0.05) is 6.92 Å². The van der Waals surface area contributed by atoms with Crippen LogP contribution in [0.5, 0.6) is 5.75 Å². The molecule has 0 bridgehead atoms. The van der Waals surface area contributed by atoms with Crippen LogP contribution in [0.15, 0.2) is 24.3 Å². The van der Waals surface area contributed by atoms with Crippen LogP contribution >= 0.6 is 0 Å². The first-order valence-electron chi connectivity index (χ1n) is 6.74. The van der Waals surface area contributed by atoms with Crippen molar-refractivity contribution in [3.8, 4) is 5.75 Å². The van der Waals surface area contributed by atoms with Crippen LogP contribution in [0.2, 0.25) is 0 Å². The van der Waals surface area contributed by atoms with E-state index >= 15 is 0 Å². The molecule has 0 aliphatic rings. The van der Waals surface area contributed by atoms with Crippen molar-refractivity contribution >= 4 is 21.6 Å². The Balaban J connectivity index is 2.69. The summed E-state index contributed by atoms with van der Waals surface area (Å²) in [5.74, 6) is 0.342. The SMILES string of the molecule is CCCNC(=O)[C@@H](C)Oc1ccc(N(C)S(C)(=O)=O)cc1. The molecule has 6 nitrogen and oxygen atoms in total. The Kier molecular flexibility index (Phi) is 6.02. The number of benzene rings is 1. The molecule has 0 aromatic heterocycles. The molecule has 1 aromatic rings. The minimum absolute atomic E-state index is 0.172. The third-order valence-electron chi connectivity index (χ3n) is 2.93. The molecule has 0 aliphatic carbocycles. The molecule has 0 spiro atoms. The summed E-state index contributed by atoms with van der Waals surface area (Å²) < 4.78 is 29.5. The van der Waals surface area contributed by atoms with E-state index in [2.05, 4.69) is 5.32 Å². The number of amides is 1. The number of nitrogens with one attached hydrogen (secondary N) is 1. The summed E-state index contributed by atoms with van der Waals surface area (Å²) >= 11 is 0. The van der Waals surface area contributed by atoms with Gasteiger partial charge in [0.15, 0.2) is 6.10 Å². The van der Waals surface area contributed by atoms with Crippen LogP contribution in [-0.4, -0.2) is 40.3 Å². The highest BCUT2D eigenvalue weighted by atomic mass is 32.2. The quantitative estimate of drug-likeness (QED) is 0.825. The number of ether oxygens (including phenoxy) is 1. The second-order valence-electron chi connectivity index (χ2n) is 4.78. The topological polar surface area (TPSA) is 75.7 Å². The van der Waals surface area contributed by atoms with E-state index in [1.54, 1.807) is 31.2 Å². The third kappa shape index (κ3) is 5.26. The van der Waals surface area contributed by atoms with Gasteiger partial charge in [-0.25, -0.2) is 8.42 Å². The lowest BCUT2D eigenvalue weighted by Gasteiger charge is -2.18. The van der Waals surface area contributed by atoms with Crippen LogP contribution in [0.1, 0.15) is 20.3 Å². The average molecular weight is 314 g/mol. The molecular formula is C14H22N2O4S. The maximum absolute atomic E-state index is 11.7. The van der Waals surface area contributed by atoms with Crippen molar-refractivity contribution in [2.24, 2.45) is 0 Å². The fourth-order valence-corrected chi connectivity index (χ4v) is 2.08. The Labute approximate surface area is 126 Å². The minimum atomic E-state index is -3.29. The zero-order valence-electron chi connectivity index (χ0n) is 12.8. The number of hydrogen-bond acceptors (Lipinski definition) is 4. The molecule has 0 saturated carbocycles. The van der Waals surface area contributed by atoms with E-state index in [-0.39, 0.29) is 5.91 Å². The largest absolute Gasteiger partial charge is 0.481 e. The van der Waals surface area contributed by atoms with Crippen LogP contribution < -0.4 is 14.4 Å². The zero-order valence-corrected chi connectivity index (χ0v) is 13.6. The molecule has 1 N–H and O–H groups in total. The van der Waals surface area contributed by atoms with Gasteiger partial charge in [0.2, 0.25) is 10.0 Å². The van der Waals surface area contributed by atoms with Gasteiger partial charge in [0.25, 0.3) is 5.91 Å². The van der Waals surface area contributed by atoms with Crippen LogP contribution in [0.3, 0.4) is 0 Å². The summed E-state index contributed by atoms with van der Waals surface area (Å²) in [6, 6.07) is 6.54. The van der Waals surface area contributed by atoms with Crippen LogP contribution in [0.4, 0.5) is 5.69 Å². The fourth-order valence-electron chi connectivity index (χ4n) is 1.58. The number of nitrogens with zero attached hydrogens (tertiary/aromatic N) is 1. The second-order valence-corrected chi connectivity index (χ2v) is 6.79. The van der Waals surface area contributed by atoms with Crippen molar-refractivity contribution in [2.45, 2.75) is 26.4 Å².